The Balaban J connectivity index is 1.87. The van der Waals surface area contributed by atoms with Gasteiger partial charge >= 0.3 is 0 Å². The third-order valence-electron chi connectivity index (χ3n) is 4.87. The number of hydrogen-bond acceptors (Lipinski definition) is 6. The number of hydroxylamine groups is 2. The lowest BCUT2D eigenvalue weighted by Gasteiger charge is -2.38. The summed E-state index contributed by atoms with van der Waals surface area (Å²) in [5, 5.41) is 1.97. The van der Waals surface area contributed by atoms with Gasteiger partial charge in [0, 0.05) is 24.8 Å². The second-order valence-corrected chi connectivity index (χ2v) is 6.44. The molecule has 0 aromatic carbocycles. The van der Waals surface area contributed by atoms with Gasteiger partial charge in [0.25, 0.3) is 0 Å². The van der Waals surface area contributed by atoms with Gasteiger partial charge in [0.15, 0.2) is 5.82 Å². The molecule has 24 heavy (non-hydrogen) atoms. The maximum atomic E-state index is 5.50. The number of imidazole rings is 1. The fourth-order valence-corrected chi connectivity index (χ4v) is 3.75. The first-order chi connectivity index (χ1) is 11.7. The van der Waals surface area contributed by atoms with Crippen LogP contribution in [0.4, 0.5) is 11.5 Å². The van der Waals surface area contributed by atoms with Crippen molar-refractivity contribution in [3.05, 3.63) is 30.5 Å². The van der Waals surface area contributed by atoms with Crippen LogP contribution in [-0.4, -0.2) is 51.7 Å². The first kappa shape index (κ1) is 15.3. The van der Waals surface area contributed by atoms with Crippen LogP contribution in [0.1, 0.15) is 25.3 Å². The zero-order chi connectivity index (χ0) is 16.7. The van der Waals surface area contributed by atoms with E-state index in [1.165, 1.54) is 0 Å². The van der Waals surface area contributed by atoms with Crippen molar-refractivity contribution in [3.8, 4) is 5.69 Å². The fourth-order valence-electron chi connectivity index (χ4n) is 3.75. The summed E-state index contributed by atoms with van der Waals surface area (Å²) >= 11 is 0. The van der Waals surface area contributed by atoms with E-state index in [1.54, 1.807) is 19.6 Å². The molecule has 0 radical (unpaired) electrons. The highest BCUT2D eigenvalue weighted by Crippen LogP contribution is 2.44. The smallest absolute Gasteiger partial charge is 0.158 e. The van der Waals surface area contributed by atoms with Crippen LogP contribution in [0.2, 0.25) is 0 Å². The number of pyridine rings is 1. The molecule has 4 rings (SSSR count). The summed E-state index contributed by atoms with van der Waals surface area (Å²) < 4.78 is 2.00. The molecule has 126 valence electrons. The number of aromatic nitrogens is 3. The first-order valence-corrected chi connectivity index (χ1v) is 8.28. The van der Waals surface area contributed by atoms with Crippen molar-refractivity contribution in [2.45, 2.75) is 32.2 Å². The van der Waals surface area contributed by atoms with Gasteiger partial charge in [-0.15, -0.1) is 0 Å². The van der Waals surface area contributed by atoms with Gasteiger partial charge in [0.1, 0.15) is 5.69 Å². The zero-order valence-electron chi connectivity index (χ0n) is 14.3. The van der Waals surface area contributed by atoms with Crippen molar-refractivity contribution in [1.29, 1.82) is 0 Å². The maximum absolute atomic E-state index is 5.50. The summed E-state index contributed by atoms with van der Waals surface area (Å²) in [5.41, 5.74) is 2.87. The molecule has 2 aliphatic heterocycles. The monoisotopic (exact) mass is 326 g/mol. The molecule has 0 amide bonds. The van der Waals surface area contributed by atoms with E-state index in [-0.39, 0.29) is 5.54 Å². The molecule has 2 aromatic rings. The minimum atomic E-state index is -0.147. The number of anilines is 1. The van der Waals surface area contributed by atoms with Crippen molar-refractivity contribution in [3.63, 3.8) is 0 Å². The molecule has 0 bridgehead atoms. The molecule has 2 aliphatic rings. The van der Waals surface area contributed by atoms with Crippen LogP contribution in [0.5, 0.6) is 0 Å². The third kappa shape index (κ3) is 2.16. The first-order valence-electron chi connectivity index (χ1n) is 8.28. The fraction of sp³-hybridized carbons (Fsp3) is 0.471. The Hall–Kier alpha value is -2.25. The Morgan fingerprint density at radius 3 is 2.96 bits per heavy atom. The Labute approximate surface area is 141 Å². The highest BCUT2D eigenvalue weighted by Gasteiger charge is 2.47. The van der Waals surface area contributed by atoms with Gasteiger partial charge in [-0.2, -0.15) is 5.06 Å². The molecule has 0 aliphatic carbocycles. The maximum Gasteiger partial charge on any atom is 0.158 e. The lowest BCUT2D eigenvalue weighted by atomic mass is 9.92. The minimum Gasteiger partial charge on any atom is -0.327 e. The lowest BCUT2D eigenvalue weighted by Crippen LogP contribution is -2.49. The molecular weight excluding hydrogens is 304 g/mol. The number of rotatable bonds is 4. The van der Waals surface area contributed by atoms with Crippen LogP contribution in [0.25, 0.3) is 5.69 Å². The average Bonchev–Trinajstić information content (AvgIpc) is 3.22. The third-order valence-corrected chi connectivity index (χ3v) is 4.87. The molecule has 0 saturated carbocycles. The van der Waals surface area contributed by atoms with Crippen LogP contribution in [-0.2, 0) is 4.84 Å². The Morgan fingerprint density at radius 2 is 2.25 bits per heavy atom. The SMILES string of the molecule is CCCC12C=Nc3c(ncc(C)c3-n3ccnc3)N1CN(OC)C2. The van der Waals surface area contributed by atoms with E-state index in [0.29, 0.717) is 6.67 Å². The molecule has 1 saturated heterocycles. The summed E-state index contributed by atoms with van der Waals surface area (Å²) in [6.07, 6.45) is 11.6. The Bertz CT molecular complexity index is 772. The quantitative estimate of drug-likeness (QED) is 0.864. The standard InChI is InChI=1S/C17H22N6O/c1-4-5-17-9-20-14-15(21-7-6-18-11-21)13(2)8-19-16(14)23(17)12-22(10-17)24-3/h6-9,11H,4-5,10,12H2,1-3H3. The van der Waals surface area contributed by atoms with E-state index >= 15 is 0 Å². The number of aryl methyl sites for hydroxylation is 1. The van der Waals surface area contributed by atoms with Crippen molar-refractivity contribution < 1.29 is 4.84 Å². The lowest BCUT2D eigenvalue weighted by molar-refractivity contribution is -0.114. The average molecular weight is 326 g/mol. The topological polar surface area (TPSA) is 58.8 Å². The Morgan fingerprint density at radius 1 is 1.38 bits per heavy atom. The van der Waals surface area contributed by atoms with Gasteiger partial charge in [-0.05, 0) is 18.9 Å². The predicted molar refractivity (Wildman–Crippen MR) is 92.9 cm³/mol. The van der Waals surface area contributed by atoms with Crippen LogP contribution < -0.4 is 4.90 Å². The largest absolute Gasteiger partial charge is 0.327 e. The molecule has 1 atom stereocenters. The van der Waals surface area contributed by atoms with Crippen molar-refractivity contribution >= 4 is 17.7 Å². The summed E-state index contributed by atoms with van der Waals surface area (Å²) in [5.74, 6) is 0.916. The number of nitrogens with zero attached hydrogens (tertiary/aromatic N) is 6. The molecule has 0 spiro atoms. The van der Waals surface area contributed by atoms with Crippen molar-refractivity contribution in [2.24, 2.45) is 4.99 Å². The molecular formula is C17H22N6O. The van der Waals surface area contributed by atoms with E-state index in [0.717, 1.165) is 42.1 Å². The van der Waals surface area contributed by atoms with Crippen LogP contribution in [0.3, 0.4) is 0 Å². The summed E-state index contributed by atoms with van der Waals surface area (Å²) in [7, 11) is 1.72. The van der Waals surface area contributed by atoms with E-state index in [4.69, 9.17) is 14.8 Å². The van der Waals surface area contributed by atoms with Gasteiger partial charge in [0.05, 0.1) is 37.9 Å². The van der Waals surface area contributed by atoms with Gasteiger partial charge in [-0.25, -0.2) is 9.97 Å². The van der Waals surface area contributed by atoms with Gasteiger partial charge in [-0.1, -0.05) is 13.3 Å². The Kier molecular flexibility index (Phi) is 3.62. The van der Waals surface area contributed by atoms with E-state index < -0.39 is 0 Å². The molecule has 7 heteroatoms. The van der Waals surface area contributed by atoms with Gasteiger partial charge in [0.2, 0.25) is 0 Å². The highest BCUT2D eigenvalue weighted by atomic mass is 16.7. The normalized spacial score (nSPS) is 22.7. The number of aliphatic imine (C=N–C) groups is 1. The van der Waals surface area contributed by atoms with Gasteiger partial charge in [-0.3, -0.25) is 4.99 Å². The molecule has 1 unspecified atom stereocenters. The molecule has 2 aromatic heterocycles. The molecule has 4 heterocycles. The molecule has 7 nitrogen and oxygen atoms in total. The second-order valence-electron chi connectivity index (χ2n) is 6.44. The summed E-state index contributed by atoms with van der Waals surface area (Å²) in [6, 6.07) is 0. The summed E-state index contributed by atoms with van der Waals surface area (Å²) in [4.78, 5) is 21.6. The molecule has 0 N–H and O–H groups in total. The molecule has 1 fully saturated rings. The highest BCUT2D eigenvalue weighted by molar-refractivity contribution is 5.90. The zero-order valence-corrected chi connectivity index (χ0v) is 14.3. The van der Waals surface area contributed by atoms with E-state index in [1.807, 2.05) is 22.0 Å². The summed E-state index contributed by atoms with van der Waals surface area (Å²) in [6.45, 7) is 5.74. The van der Waals surface area contributed by atoms with E-state index in [2.05, 4.69) is 29.9 Å². The van der Waals surface area contributed by atoms with E-state index in [9.17, 15) is 0 Å². The second kappa shape index (κ2) is 5.68. The number of hydrogen-bond donors (Lipinski definition) is 0. The predicted octanol–water partition coefficient (Wildman–Crippen LogP) is 2.47. The van der Waals surface area contributed by atoms with Crippen LogP contribution >= 0.6 is 0 Å². The number of fused-ring (bicyclic) bond motifs is 3. The van der Waals surface area contributed by atoms with Gasteiger partial charge < -0.3 is 14.3 Å². The van der Waals surface area contributed by atoms with Crippen LogP contribution in [0, 0.1) is 6.92 Å². The minimum absolute atomic E-state index is 0.147. The van der Waals surface area contributed by atoms with Crippen molar-refractivity contribution in [2.75, 3.05) is 25.2 Å². The van der Waals surface area contributed by atoms with Crippen molar-refractivity contribution in [1.82, 2.24) is 19.6 Å². The van der Waals surface area contributed by atoms with Crippen LogP contribution in [0.15, 0.2) is 29.9 Å².